The van der Waals surface area contributed by atoms with Gasteiger partial charge in [0.15, 0.2) is 6.29 Å². The first-order valence-electron chi connectivity index (χ1n) is 8.59. The van der Waals surface area contributed by atoms with Gasteiger partial charge in [-0.15, -0.1) is 0 Å². The number of aliphatic hydroxyl groups excluding tert-OH is 1. The minimum Gasteiger partial charge on any atom is -0.400 e. The standard InChI is InChI=1S/C19H20N2O3S.CH4O/c1-14-6-7-16(25-21-8-10-24-11-9-21)12-17(14)19(23)20-18-5-3-2-4-15(18)13-22;1-2/h2-7,12-13H,8-11H2,1H3,(H,20,23);2H,1H3. The van der Waals surface area contributed by atoms with Crippen molar-refractivity contribution in [2.45, 2.75) is 11.8 Å². The minimum absolute atomic E-state index is 0.212. The lowest BCUT2D eigenvalue weighted by Gasteiger charge is -2.25. The number of amides is 1. The zero-order chi connectivity index (χ0) is 19.6. The number of aliphatic hydroxyl groups is 1. The maximum Gasteiger partial charge on any atom is 0.255 e. The number of benzene rings is 2. The van der Waals surface area contributed by atoms with Crippen LogP contribution in [-0.4, -0.2) is 55.0 Å². The van der Waals surface area contributed by atoms with Crippen LogP contribution < -0.4 is 5.32 Å². The van der Waals surface area contributed by atoms with Gasteiger partial charge in [-0.3, -0.25) is 9.59 Å². The molecule has 2 aromatic rings. The summed E-state index contributed by atoms with van der Waals surface area (Å²) in [5.41, 5.74) is 2.49. The Labute approximate surface area is 163 Å². The Balaban J connectivity index is 0.00000126. The number of morpholine rings is 1. The highest BCUT2D eigenvalue weighted by Crippen LogP contribution is 2.26. The molecule has 1 fully saturated rings. The average molecular weight is 388 g/mol. The fourth-order valence-corrected chi connectivity index (χ4v) is 3.52. The van der Waals surface area contributed by atoms with E-state index in [0.29, 0.717) is 16.8 Å². The van der Waals surface area contributed by atoms with E-state index >= 15 is 0 Å². The molecule has 27 heavy (non-hydrogen) atoms. The van der Waals surface area contributed by atoms with E-state index < -0.39 is 0 Å². The summed E-state index contributed by atoms with van der Waals surface area (Å²) in [6.45, 7) is 5.10. The van der Waals surface area contributed by atoms with Gasteiger partial charge in [0.2, 0.25) is 0 Å². The van der Waals surface area contributed by atoms with Crippen molar-refractivity contribution in [2.24, 2.45) is 0 Å². The van der Waals surface area contributed by atoms with E-state index in [1.165, 1.54) is 0 Å². The molecule has 1 amide bonds. The van der Waals surface area contributed by atoms with Crippen LogP contribution in [0.4, 0.5) is 5.69 Å². The number of nitrogens with zero attached hydrogens (tertiary/aromatic N) is 1. The molecule has 6 nitrogen and oxygen atoms in total. The number of carbonyl (C=O) groups excluding carboxylic acids is 2. The van der Waals surface area contributed by atoms with Gasteiger partial charge in [-0.2, -0.15) is 0 Å². The second-order valence-electron chi connectivity index (χ2n) is 5.77. The predicted molar refractivity (Wildman–Crippen MR) is 107 cm³/mol. The first kappa shape index (κ1) is 21.1. The van der Waals surface area contributed by atoms with Gasteiger partial charge in [-0.25, -0.2) is 4.31 Å². The minimum atomic E-state index is -0.212. The Morgan fingerprint density at radius 1 is 1.19 bits per heavy atom. The smallest absolute Gasteiger partial charge is 0.255 e. The Hall–Kier alpha value is -2.19. The summed E-state index contributed by atoms with van der Waals surface area (Å²) >= 11 is 1.64. The molecule has 0 aromatic heterocycles. The summed E-state index contributed by atoms with van der Waals surface area (Å²) in [5.74, 6) is -0.212. The Morgan fingerprint density at radius 2 is 1.89 bits per heavy atom. The third kappa shape index (κ3) is 5.90. The van der Waals surface area contributed by atoms with E-state index in [-0.39, 0.29) is 5.91 Å². The Bertz CT molecular complexity index is 776. The van der Waals surface area contributed by atoms with Crippen LogP contribution >= 0.6 is 11.9 Å². The highest BCUT2D eigenvalue weighted by atomic mass is 32.2. The molecule has 0 spiro atoms. The van der Waals surface area contributed by atoms with Gasteiger partial charge >= 0.3 is 0 Å². The summed E-state index contributed by atoms with van der Waals surface area (Å²) in [4.78, 5) is 24.8. The molecule has 1 aliphatic rings. The average Bonchev–Trinajstić information content (AvgIpc) is 2.72. The van der Waals surface area contributed by atoms with Gasteiger partial charge < -0.3 is 15.2 Å². The van der Waals surface area contributed by atoms with Crippen molar-refractivity contribution in [3.05, 3.63) is 59.2 Å². The highest BCUT2D eigenvalue weighted by Gasteiger charge is 2.15. The van der Waals surface area contributed by atoms with Crippen LogP contribution in [0, 0.1) is 6.92 Å². The van der Waals surface area contributed by atoms with Gasteiger partial charge in [0, 0.05) is 36.2 Å². The lowest BCUT2D eigenvalue weighted by molar-refractivity contribution is 0.0773. The fraction of sp³-hybridized carbons (Fsp3) is 0.300. The van der Waals surface area contributed by atoms with E-state index in [1.54, 1.807) is 36.2 Å². The number of aryl methyl sites for hydroxylation is 1. The summed E-state index contributed by atoms with van der Waals surface area (Å²) in [6, 6.07) is 12.8. The number of hydrogen-bond acceptors (Lipinski definition) is 6. The SMILES string of the molecule is CO.Cc1ccc(SN2CCOCC2)cc1C(=O)Nc1ccccc1C=O. The quantitative estimate of drug-likeness (QED) is 0.606. The van der Waals surface area contributed by atoms with Crippen LogP contribution in [0.3, 0.4) is 0 Å². The molecule has 0 unspecified atom stereocenters. The normalized spacial score (nSPS) is 14.0. The second kappa shape index (κ2) is 10.8. The third-order valence-corrected chi connectivity index (χ3v) is 5.08. The van der Waals surface area contributed by atoms with Crippen molar-refractivity contribution in [3.8, 4) is 0 Å². The number of aldehydes is 1. The maximum atomic E-state index is 12.7. The van der Waals surface area contributed by atoms with Crippen molar-refractivity contribution in [3.63, 3.8) is 0 Å². The molecular formula is C20H24N2O4S. The summed E-state index contributed by atoms with van der Waals surface area (Å²) in [7, 11) is 1.00. The largest absolute Gasteiger partial charge is 0.400 e. The number of para-hydroxylation sites is 1. The monoisotopic (exact) mass is 388 g/mol. The van der Waals surface area contributed by atoms with Crippen molar-refractivity contribution in [1.29, 1.82) is 0 Å². The molecule has 0 bridgehead atoms. The topological polar surface area (TPSA) is 78.9 Å². The zero-order valence-electron chi connectivity index (χ0n) is 15.5. The summed E-state index contributed by atoms with van der Waals surface area (Å²) < 4.78 is 7.59. The number of ether oxygens (including phenoxy) is 1. The van der Waals surface area contributed by atoms with Gasteiger partial charge in [-0.1, -0.05) is 18.2 Å². The Kier molecular flexibility index (Phi) is 8.47. The number of anilines is 1. The zero-order valence-corrected chi connectivity index (χ0v) is 16.3. The van der Waals surface area contributed by atoms with Crippen molar-refractivity contribution in [2.75, 3.05) is 38.7 Å². The molecule has 1 heterocycles. The molecule has 1 aliphatic heterocycles. The first-order valence-corrected chi connectivity index (χ1v) is 9.36. The molecule has 144 valence electrons. The van der Waals surface area contributed by atoms with Crippen molar-refractivity contribution >= 4 is 29.8 Å². The number of nitrogens with one attached hydrogen (secondary N) is 1. The molecule has 1 saturated heterocycles. The van der Waals surface area contributed by atoms with Crippen molar-refractivity contribution in [1.82, 2.24) is 4.31 Å². The van der Waals surface area contributed by atoms with Crippen LogP contribution in [-0.2, 0) is 4.74 Å². The van der Waals surface area contributed by atoms with Gasteiger partial charge in [0.1, 0.15) is 0 Å². The van der Waals surface area contributed by atoms with Gasteiger partial charge in [0.05, 0.1) is 18.9 Å². The van der Waals surface area contributed by atoms with Crippen molar-refractivity contribution < 1.29 is 19.4 Å². The Morgan fingerprint density at radius 3 is 2.59 bits per heavy atom. The summed E-state index contributed by atoms with van der Waals surface area (Å²) in [5, 5.41) is 9.84. The third-order valence-electron chi connectivity index (χ3n) is 3.99. The number of carbonyl (C=O) groups is 2. The van der Waals surface area contributed by atoms with Crippen LogP contribution in [0.25, 0.3) is 0 Å². The molecular weight excluding hydrogens is 364 g/mol. The van der Waals surface area contributed by atoms with E-state index in [9.17, 15) is 9.59 Å². The number of hydrogen-bond donors (Lipinski definition) is 2. The van der Waals surface area contributed by atoms with Crippen LogP contribution in [0.5, 0.6) is 0 Å². The molecule has 0 radical (unpaired) electrons. The number of rotatable bonds is 5. The molecule has 2 N–H and O–H groups in total. The predicted octanol–water partition coefficient (Wildman–Crippen LogP) is 3.01. The van der Waals surface area contributed by atoms with E-state index in [1.807, 2.05) is 25.1 Å². The molecule has 3 rings (SSSR count). The van der Waals surface area contributed by atoms with E-state index in [4.69, 9.17) is 9.84 Å². The van der Waals surface area contributed by atoms with Crippen LogP contribution in [0.2, 0.25) is 0 Å². The molecule has 0 saturated carbocycles. The molecule has 0 aliphatic carbocycles. The molecule has 7 heteroatoms. The fourth-order valence-electron chi connectivity index (χ4n) is 2.59. The molecule has 0 atom stereocenters. The van der Waals surface area contributed by atoms with E-state index in [0.717, 1.165) is 50.2 Å². The van der Waals surface area contributed by atoms with Crippen LogP contribution in [0.1, 0.15) is 26.3 Å². The van der Waals surface area contributed by atoms with E-state index in [2.05, 4.69) is 9.62 Å². The second-order valence-corrected chi connectivity index (χ2v) is 6.94. The lowest BCUT2D eigenvalue weighted by Crippen LogP contribution is -2.30. The maximum absolute atomic E-state index is 12.7. The summed E-state index contributed by atoms with van der Waals surface area (Å²) in [6.07, 6.45) is 0.743. The highest BCUT2D eigenvalue weighted by molar-refractivity contribution is 7.97. The van der Waals surface area contributed by atoms with Gasteiger partial charge in [-0.05, 0) is 48.7 Å². The lowest BCUT2D eigenvalue weighted by atomic mass is 10.1. The first-order chi connectivity index (χ1) is 13.2. The molecule has 2 aromatic carbocycles. The van der Waals surface area contributed by atoms with Crippen LogP contribution in [0.15, 0.2) is 47.4 Å². The van der Waals surface area contributed by atoms with Gasteiger partial charge in [0.25, 0.3) is 5.91 Å².